The number of nitrogens with one attached hydrogen (secondary N) is 1. The lowest BCUT2D eigenvalue weighted by Gasteiger charge is -2.12. The Morgan fingerprint density at radius 1 is 1.09 bits per heavy atom. The summed E-state index contributed by atoms with van der Waals surface area (Å²) >= 11 is 7.37. The first-order chi connectivity index (χ1) is 16.6. The third-order valence-corrected chi connectivity index (χ3v) is 6.24. The first-order valence-electron chi connectivity index (χ1n) is 10.3. The van der Waals surface area contributed by atoms with Gasteiger partial charge in [0.25, 0.3) is 0 Å². The lowest BCUT2D eigenvalue weighted by Crippen LogP contribution is -2.14. The van der Waals surface area contributed by atoms with Gasteiger partial charge in [0.1, 0.15) is 5.75 Å². The number of halogens is 1. The van der Waals surface area contributed by atoms with Gasteiger partial charge >= 0.3 is 0 Å². The Bertz CT molecular complexity index is 1340. The molecule has 1 amide bonds. The summed E-state index contributed by atoms with van der Waals surface area (Å²) in [5.74, 6) is 2.47. The maximum atomic E-state index is 12.7. The molecule has 172 valence electrons. The van der Waals surface area contributed by atoms with Gasteiger partial charge in [0.05, 0.1) is 18.4 Å². The van der Waals surface area contributed by atoms with Crippen LogP contribution >= 0.6 is 23.4 Å². The Hall–Kier alpha value is -3.69. The maximum Gasteiger partial charge on any atom is 0.234 e. The highest BCUT2D eigenvalue weighted by Crippen LogP contribution is 2.35. The fourth-order valence-electron chi connectivity index (χ4n) is 3.49. The minimum Gasteiger partial charge on any atom is -0.496 e. The van der Waals surface area contributed by atoms with Gasteiger partial charge < -0.3 is 19.5 Å². The van der Waals surface area contributed by atoms with Crippen molar-refractivity contribution >= 4 is 35.0 Å². The van der Waals surface area contributed by atoms with Crippen molar-refractivity contribution < 1.29 is 19.0 Å². The Morgan fingerprint density at radius 3 is 2.71 bits per heavy atom. The Morgan fingerprint density at radius 2 is 1.88 bits per heavy atom. The first-order valence-corrected chi connectivity index (χ1v) is 11.7. The zero-order chi connectivity index (χ0) is 23.5. The average Bonchev–Trinajstić information content (AvgIpc) is 3.50. The Labute approximate surface area is 204 Å². The third kappa shape index (κ3) is 4.52. The second kappa shape index (κ2) is 9.66. The van der Waals surface area contributed by atoms with E-state index in [9.17, 15) is 4.79 Å². The van der Waals surface area contributed by atoms with Crippen LogP contribution in [0.3, 0.4) is 0 Å². The quantitative estimate of drug-likeness (QED) is 0.359. The van der Waals surface area contributed by atoms with Gasteiger partial charge in [-0.15, -0.1) is 10.2 Å². The number of nitrogens with zero attached hydrogens (tertiary/aromatic N) is 3. The molecule has 34 heavy (non-hydrogen) atoms. The van der Waals surface area contributed by atoms with Crippen LogP contribution in [-0.2, 0) is 4.79 Å². The van der Waals surface area contributed by atoms with E-state index in [1.807, 2.05) is 41.0 Å². The monoisotopic (exact) mass is 494 g/mol. The number of thioether (sulfide) groups is 1. The highest BCUT2D eigenvalue weighted by atomic mass is 35.5. The number of carbonyl (C=O) groups excluding carboxylic acids is 1. The topological polar surface area (TPSA) is 87.5 Å². The van der Waals surface area contributed by atoms with Crippen molar-refractivity contribution in [2.45, 2.75) is 5.16 Å². The molecule has 0 saturated carbocycles. The molecule has 0 radical (unpaired) electrons. The van der Waals surface area contributed by atoms with Crippen LogP contribution in [0.5, 0.6) is 17.2 Å². The molecule has 1 N–H and O–H groups in total. The minimum atomic E-state index is -0.187. The number of hydrogen-bond acceptors (Lipinski definition) is 7. The third-order valence-electron chi connectivity index (χ3n) is 5.05. The van der Waals surface area contributed by atoms with Gasteiger partial charge in [0.15, 0.2) is 22.5 Å². The molecule has 2 heterocycles. The van der Waals surface area contributed by atoms with E-state index in [-0.39, 0.29) is 18.5 Å². The lowest BCUT2D eigenvalue weighted by molar-refractivity contribution is -0.113. The molecular weight excluding hydrogens is 476 g/mol. The number of ether oxygens (including phenoxy) is 3. The van der Waals surface area contributed by atoms with Crippen LogP contribution in [0.2, 0.25) is 5.02 Å². The lowest BCUT2D eigenvalue weighted by atomic mass is 10.2. The van der Waals surface area contributed by atoms with Crippen molar-refractivity contribution in [2.75, 3.05) is 25.0 Å². The van der Waals surface area contributed by atoms with Gasteiger partial charge in [-0.25, -0.2) is 0 Å². The smallest absolute Gasteiger partial charge is 0.234 e. The normalized spacial score (nSPS) is 11.9. The van der Waals surface area contributed by atoms with Crippen molar-refractivity contribution in [3.05, 3.63) is 71.8 Å². The van der Waals surface area contributed by atoms with Crippen molar-refractivity contribution in [3.8, 4) is 34.3 Å². The number of anilines is 1. The predicted octanol–water partition coefficient (Wildman–Crippen LogP) is 5.06. The SMILES string of the molecule is COc1ccccc1-c1nnc(SCC(=O)Nc2ccc3c(c2)OCO3)n1-c1ccc(Cl)cc1. The molecule has 4 aromatic rings. The van der Waals surface area contributed by atoms with Crippen LogP contribution < -0.4 is 19.5 Å². The standard InChI is InChI=1S/C24H19ClN4O4S/c1-31-19-5-3-2-4-18(19)23-27-28-24(29(23)17-9-6-15(25)7-10-17)34-13-22(30)26-16-8-11-20-21(12-16)33-14-32-20/h2-12H,13-14H2,1H3,(H,26,30). The van der Waals surface area contributed by atoms with Gasteiger partial charge in [0.2, 0.25) is 12.7 Å². The molecule has 0 aliphatic carbocycles. The Balaban J connectivity index is 1.40. The molecule has 5 rings (SSSR count). The molecular formula is C24H19ClN4O4S. The number of fused-ring (bicyclic) bond motifs is 1. The first kappa shape index (κ1) is 22.1. The van der Waals surface area contributed by atoms with E-state index in [1.165, 1.54) is 11.8 Å². The number of amides is 1. The molecule has 1 aromatic heterocycles. The summed E-state index contributed by atoms with van der Waals surface area (Å²) in [6.45, 7) is 0.178. The van der Waals surface area contributed by atoms with Gasteiger partial charge in [-0.1, -0.05) is 35.5 Å². The van der Waals surface area contributed by atoms with Crippen molar-refractivity contribution in [1.82, 2.24) is 14.8 Å². The number of methoxy groups -OCH3 is 1. The second-order valence-corrected chi connectivity index (χ2v) is 8.60. The van der Waals surface area contributed by atoms with Crippen LogP contribution in [0.1, 0.15) is 0 Å². The number of rotatable bonds is 7. The number of benzene rings is 3. The van der Waals surface area contributed by atoms with E-state index in [1.54, 1.807) is 37.4 Å². The zero-order valence-electron chi connectivity index (χ0n) is 18.0. The summed E-state index contributed by atoms with van der Waals surface area (Å²) in [5, 5.41) is 12.8. The van der Waals surface area contributed by atoms with Crippen LogP contribution in [-0.4, -0.2) is 40.3 Å². The predicted molar refractivity (Wildman–Crippen MR) is 130 cm³/mol. The van der Waals surface area contributed by atoms with E-state index in [0.29, 0.717) is 38.9 Å². The number of hydrogen-bond donors (Lipinski definition) is 1. The van der Waals surface area contributed by atoms with Gasteiger partial charge in [0, 0.05) is 22.5 Å². The van der Waals surface area contributed by atoms with E-state index in [0.717, 1.165) is 11.3 Å². The molecule has 8 nitrogen and oxygen atoms in total. The van der Waals surface area contributed by atoms with Gasteiger partial charge in [-0.05, 0) is 48.5 Å². The maximum absolute atomic E-state index is 12.7. The van der Waals surface area contributed by atoms with Crippen LogP contribution in [0.15, 0.2) is 71.9 Å². The van der Waals surface area contributed by atoms with E-state index in [2.05, 4.69) is 15.5 Å². The summed E-state index contributed by atoms with van der Waals surface area (Å²) in [6.07, 6.45) is 0. The summed E-state index contributed by atoms with van der Waals surface area (Å²) in [5.41, 5.74) is 2.22. The molecule has 0 fully saturated rings. The summed E-state index contributed by atoms with van der Waals surface area (Å²) in [4.78, 5) is 12.7. The largest absolute Gasteiger partial charge is 0.496 e. The molecule has 0 unspecified atom stereocenters. The summed E-state index contributed by atoms with van der Waals surface area (Å²) < 4.78 is 18.1. The van der Waals surface area contributed by atoms with Crippen LogP contribution in [0, 0.1) is 0 Å². The highest BCUT2D eigenvalue weighted by molar-refractivity contribution is 7.99. The van der Waals surface area contributed by atoms with Gasteiger partial charge in [-0.2, -0.15) is 0 Å². The van der Waals surface area contributed by atoms with E-state index >= 15 is 0 Å². The number of aromatic nitrogens is 3. The molecule has 0 bridgehead atoms. The minimum absolute atomic E-state index is 0.131. The van der Waals surface area contributed by atoms with Crippen LogP contribution in [0.25, 0.3) is 17.1 Å². The summed E-state index contributed by atoms with van der Waals surface area (Å²) in [7, 11) is 1.61. The average molecular weight is 495 g/mol. The molecule has 0 atom stereocenters. The van der Waals surface area contributed by atoms with E-state index in [4.69, 9.17) is 25.8 Å². The molecule has 3 aromatic carbocycles. The van der Waals surface area contributed by atoms with E-state index < -0.39 is 0 Å². The van der Waals surface area contributed by atoms with Crippen molar-refractivity contribution in [2.24, 2.45) is 0 Å². The highest BCUT2D eigenvalue weighted by Gasteiger charge is 2.20. The molecule has 0 spiro atoms. The van der Waals surface area contributed by atoms with Crippen molar-refractivity contribution in [3.63, 3.8) is 0 Å². The Kier molecular flexibility index (Phi) is 6.29. The fraction of sp³-hybridized carbons (Fsp3) is 0.125. The summed E-state index contributed by atoms with van der Waals surface area (Å²) in [6, 6.07) is 20.2. The van der Waals surface area contributed by atoms with Crippen LogP contribution in [0.4, 0.5) is 5.69 Å². The molecule has 1 aliphatic rings. The van der Waals surface area contributed by atoms with Crippen molar-refractivity contribution in [1.29, 1.82) is 0 Å². The van der Waals surface area contributed by atoms with Gasteiger partial charge in [-0.3, -0.25) is 9.36 Å². The second-order valence-electron chi connectivity index (χ2n) is 7.22. The number of para-hydroxylation sites is 1. The molecule has 1 aliphatic heterocycles. The fourth-order valence-corrected chi connectivity index (χ4v) is 4.37. The molecule has 10 heteroatoms. The molecule has 0 saturated heterocycles. The zero-order valence-corrected chi connectivity index (χ0v) is 19.6. The number of carbonyl (C=O) groups is 1.